The van der Waals surface area contributed by atoms with E-state index in [1.807, 2.05) is 0 Å². The average Bonchev–Trinajstić information content (AvgIpc) is 2.78. The highest BCUT2D eigenvalue weighted by atomic mass is 15.2. The SMILES string of the molecule is CN[C@@H](CN1CCCC1)c1cccc(C)c1. The fourth-order valence-electron chi connectivity index (χ4n) is 2.47. The number of aryl methyl sites for hydroxylation is 1. The first kappa shape index (κ1) is 11.6. The molecule has 1 aromatic rings. The van der Waals surface area contributed by atoms with Crippen LogP contribution in [0.2, 0.25) is 0 Å². The minimum atomic E-state index is 0.470. The van der Waals surface area contributed by atoms with Crippen LogP contribution < -0.4 is 5.32 Å². The van der Waals surface area contributed by atoms with Gasteiger partial charge in [0.1, 0.15) is 0 Å². The van der Waals surface area contributed by atoms with Gasteiger partial charge >= 0.3 is 0 Å². The number of rotatable bonds is 4. The second-order valence-corrected chi connectivity index (χ2v) is 4.76. The summed E-state index contributed by atoms with van der Waals surface area (Å²) < 4.78 is 0. The summed E-state index contributed by atoms with van der Waals surface area (Å²) in [7, 11) is 2.06. The van der Waals surface area contributed by atoms with Gasteiger partial charge in [0.25, 0.3) is 0 Å². The van der Waals surface area contributed by atoms with E-state index in [0.717, 1.165) is 6.54 Å². The Morgan fingerprint density at radius 2 is 2.06 bits per heavy atom. The van der Waals surface area contributed by atoms with Crippen LogP contribution in [0.15, 0.2) is 24.3 Å². The van der Waals surface area contributed by atoms with E-state index in [4.69, 9.17) is 0 Å². The lowest BCUT2D eigenvalue weighted by Crippen LogP contribution is -2.31. The van der Waals surface area contributed by atoms with Crippen molar-refractivity contribution in [1.82, 2.24) is 10.2 Å². The van der Waals surface area contributed by atoms with Crippen LogP contribution in [0, 0.1) is 6.92 Å². The average molecular weight is 218 g/mol. The van der Waals surface area contributed by atoms with Gasteiger partial charge in [-0.3, -0.25) is 0 Å². The van der Waals surface area contributed by atoms with E-state index >= 15 is 0 Å². The lowest BCUT2D eigenvalue weighted by molar-refractivity contribution is 0.299. The first-order valence-electron chi connectivity index (χ1n) is 6.26. The molecule has 1 fully saturated rings. The molecule has 0 bridgehead atoms. The maximum Gasteiger partial charge on any atom is 0.0446 e. The van der Waals surface area contributed by atoms with Gasteiger partial charge in [-0.15, -0.1) is 0 Å². The molecule has 2 nitrogen and oxygen atoms in total. The van der Waals surface area contributed by atoms with Crippen LogP contribution >= 0.6 is 0 Å². The van der Waals surface area contributed by atoms with Gasteiger partial charge in [-0.2, -0.15) is 0 Å². The Kier molecular flexibility index (Phi) is 3.97. The van der Waals surface area contributed by atoms with Gasteiger partial charge in [-0.05, 0) is 45.5 Å². The molecule has 1 aliphatic rings. The zero-order valence-electron chi connectivity index (χ0n) is 10.4. The topological polar surface area (TPSA) is 15.3 Å². The van der Waals surface area contributed by atoms with E-state index in [9.17, 15) is 0 Å². The highest BCUT2D eigenvalue weighted by Gasteiger charge is 2.17. The fraction of sp³-hybridized carbons (Fsp3) is 0.571. The summed E-state index contributed by atoms with van der Waals surface area (Å²) >= 11 is 0. The third-order valence-corrected chi connectivity index (χ3v) is 3.43. The van der Waals surface area contributed by atoms with Gasteiger partial charge < -0.3 is 10.2 Å². The normalized spacial score (nSPS) is 18.9. The van der Waals surface area contributed by atoms with Crippen molar-refractivity contribution in [1.29, 1.82) is 0 Å². The number of likely N-dealkylation sites (tertiary alicyclic amines) is 1. The predicted octanol–water partition coefficient (Wildman–Crippen LogP) is 2.35. The van der Waals surface area contributed by atoms with Gasteiger partial charge in [-0.25, -0.2) is 0 Å². The van der Waals surface area contributed by atoms with Crippen molar-refractivity contribution in [3.63, 3.8) is 0 Å². The second kappa shape index (κ2) is 5.46. The minimum absolute atomic E-state index is 0.470. The van der Waals surface area contributed by atoms with Crippen LogP contribution in [0.3, 0.4) is 0 Å². The molecule has 88 valence electrons. The molecule has 1 saturated heterocycles. The smallest absolute Gasteiger partial charge is 0.0446 e. The predicted molar refractivity (Wildman–Crippen MR) is 68.7 cm³/mol. The molecule has 0 unspecified atom stereocenters. The Balaban J connectivity index is 2.03. The summed E-state index contributed by atoms with van der Waals surface area (Å²) in [5, 5.41) is 3.43. The van der Waals surface area contributed by atoms with Crippen molar-refractivity contribution in [3.8, 4) is 0 Å². The van der Waals surface area contributed by atoms with E-state index in [0.29, 0.717) is 6.04 Å². The molecular formula is C14H22N2. The van der Waals surface area contributed by atoms with Gasteiger partial charge in [0.2, 0.25) is 0 Å². The molecule has 2 heteroatoms. The molecule has 1 aromatic carbocycles. The lowest BCUT2D eigenvalue weighted by atomic mass is 10.0. The summed E-state index contributed by atoms with van der Waals surface area (Å²) in [5.74, 6) is 0. The number of benzene rings is 1. The van der Waals surface area contributed by atoms with Gasteiger partial charge in [0.15, 0.2) is 0 Å². The number of nitrogens with zero attached hydrogens (tertiary/aromatic N) is 1. The molecule has 1 N–H and O–H groups in total. The van der Waals surface area contributed by atoms with Gasteiger partial charge in [0.05, 0.1) is 0 Å². The molecular weight excluding hydrogens is 196 g/mol. The number of hydrogen-bond acceptors (Lipinski definition) is 2. The molecule has 0 spiro atoms. The van der Waals surface area contributed by atoms with Crippen LogP contribution in [-0.4, -0.2) is 31.6 Å². The standard InChI is InChI=1S/C14H22N2/c1-12-6-5-7-13(10-12)14(15-2)11-16-8-3-4-9-16/h5-7,10,14-15H,3-4,8-9,11H2,1-2H3/t14-/m0/s1. The third kappa shape index (κ3) is 2.83. The first-order chi connectivity index (χ1) is 7.79. The Morgan fingerprint density at radius 3 is 2.69 bits per heavy atom. The quantitative estimate of drug-likeness (QED) is 0.834. The molecule has 1 heterocycles. The summed E-state index contributed by atoms with van der Waals surface area (Å²) in [4.78, 5) is 2.56. The molecule has 2 rings (SSSR count). The fourth-order valence-corrected chi connectivity index (χ4v) is 2.47. The molecule has 1 aliphatic heterocycles. The Labute approximate surface area is 98.7 Å². The number of nitrogens with one attached hydrogen (secondary N) is 1. The van der Waals surface area contributed by atoms with Crippen LogP contribution in [-0.2, 0) is 0 Å². The van der Waals surface area contributed by atoms with Crippen molar-refractivity contribution in [2.75, 3.05) is 26.7 Å². The minimum Gasteiger partial charge on any atom is -0.312 e. The number of hydrogen-bond donors (Lipinski definition) is 1. The van der Waals surface area contributed by atoms with E-state index in [2.05, 4.69) is 48.5 Å². The monoisotopic (exact) mass is 218 g/mol. The maximum absolute atomic E-state index is 3.43. The van der Waals surface area contributed by atoms with Crippen LogP contribution in [0.25, 0.3) is 0 Å². The Bertz CT molecular complexity index is 329. The van der Waals surface area contributed by atoms with Crippen molar-refractivity contribution in [2.24, 2.45) is 0 Å². The van der Waals surface area contributed by atoms with Crippen molar-refractivity contribution < 1.29 is 0 Å². The zero-order valence-corrected chi connectivity index (χ0v) is 10.4. The second-order valence-electron chi connectivity index (χ2n) is 4.76. The van der Waals surface area contributed by atoms with Crippen LogP contribution in [0.5, 0.6) is 0 Å². The molecule has 16 heavy (non-hydrogen) atoms. The lowest BCUT2D eigenvalue weighted by Gasteiger charge is -2.23. The first-order valence-corrected chi connectivity index (χ1v) is 6.26. The van der Waals surface area contributed by atoms with Crippen molar-refractivity contribution in [2.45, 2.75) is 25.8 Å². The van der Waals surface area contributed by atoms with E-state index in [1.165, 1.54) is 37.1 Å². The van der Waals surface area contributed by atoms with Crippen LogP contribution in [0.1, 0.15) is 30.0 Å². The molecule has 1 atom stereocenters. The molecule has 0 amide bonds. The van der Waals surface area contributed by atoms with Crippen molar-refractivity contribution >= 4 is 0 Å². The Morgan fingerprint density at radius 1 is 1.31 bits per heavy atom. The van der Waals surface area contributed by atoms with E-state index in [-0.39, 0.29) is 0 Å². The maximum atomic E-state index is 3.43. The van der Waals surface area contributed by atoms with E-state index < -0.39 is 0 Å². The molecule has 0 radical (unpaired) electrons. The van der Waals surface area contributed by atoms with Gasteiger partial charge in [-0.1, -0.05) is 29.8 Å². The van der Waals surface area contributed by atoms with Gasteiger partial charge in [0, 0.05) is 12.6 Å². The third-order valence-electron chi connectivity index (χ3n) is 3.43. The van der Waals surface area contributed by atoms with E-state index in [1.54, 1.807) is 0 Å². The molecule has 0 saturated carbocycles. The summed E-state index contributed by atoms with van der Waals surface area (Å²) in [6.45, 7) is 5.83. The van der Waals surface area contributed by atoms with Crippen LogP contribution in [0.4, 0.5) is 0 Å². The largest absolute Gasteiger partial charge is 0.312 e. The highest BCUT2D eigenvalue weighted by molar-refractivity contribution is 5.25. The summed E-state index contributed by atoms with van der Waals surface area (Å²) in [6, 6.07) is 9.30. The molecule has 0 aliphatic carbocycles. The zero-order chi connectivity index (χ0) is 11.4. The summed E-state index contributed by atoms with van der Waals surface area (Å²) in [5.41, 5.74) is 2.76. The van der Waals surface area contributed by atoms with Crippen molar-refractivity contribution in [3.05, 3.63) is 35.4 Å². The molecule has 0 aromatic heterocycles. The summed E-state index contributed by atoms with van der Waals surface area (Å²) in [6.07, 6.45) is 2.73. The highest BCUT2D eigenvalue weighted by Crippen LogP contribution is 2.18. The Hall–Kier alpha value is -0.860. The number of likely N-dealkylation sites (N-methyl/N-ethyl adjacent to an activating group) is 1.